The first kappa shape index (κ1) is 77.8. The first-order valence-electron chi connectivity index (χ1n) is 33.6. The summed E-state index contributed by atoms with van der Waals surface area (Å²) >= 11 is 0. The first-order valence-corrected chi connectivity index (χ1v) is 33.6. The molecule has 0 saturated heterocycles. The van der Waals surface area contributed by atoms with Gasteiger partial charge in [0.1, 0.15) is 13.2 Å². The number of rotatable bonds is 59. The van der Waals surface area contributed by atoms with Gasteiger partial charge in [-0.3, -0.25) is 14.4 Å². The minimum absolute atomic E-state index is 0.102. The predicted molar refractivity (Wildman–Crippen MR) is 361 cm³/mol. The molecule has 0 aliphatic rings. The van der Waals surface area contributed by atoms with Crippen LogP contribution in [0, 0.1) is 0 Å². The summed E-state index contributed by atoms with van der Waals surface area (Å²) in [6.45, 7) is 6.32. The second-order valence-corrected chi connectivity index (χ2v) is 21.6. The van der Waals surface area contributed by atoms with Crippen molar-refractivity contribution in [3.63, 3.8) is 0 Å². The van der Waals surface area contributed by atoms with Crippen molar-refractivity contribution < 1.29 is 28.6 Å². The van der Waals surface area contributed by atoms with E-state index in [1.165, 1.54) is 96.3 Å². The van der Waals surface area contributed by atoms with Crippen molar-refractivity contribution in [3.05, 3.63) is 170 Å². The molecule has 0 bridgehead atoms. The van der Waals surface area contributed by atoms with Crippen molar-refractivity contribution >= 4 is 17.9 Å². The highest BCUT2D eigenvalue weighted by atomic mass is 16.6. The van der Waals surface area contributed by atoms with E-state index in [1.807, 2.05) is 0 Å². The van der Waals surface area contributed by atoms with Crippen LogP contribution >= 0.6 is 0 Å². The second-order valence-electron chi connectivity index (χ2n) is 21.6. The predicted octanol–water partition coefficient (Wildman–Crippen LogP) is 23.4. The molecule has 0 N–H and O–H groups in total. The van der Waals surface area contributed by atoms with E-state index in [2.05, 4.69) is 191 Å². The van der Waals surface area contributed by atoms with E-state index in [0.29, 0.717) is 19.3 Å². The molecule has 6 nitrogen and oxygen atoms in total. The molecule has 0 aliphatic heterocycles. The van der Waals surface area contributed by atoms with E-state index < -0.39 is 6.10 Å². The van der Waals surface area contributed by atoms with Crippen molar-refractivity contribution in [1.82, 2.24) is 0 Å². The normalized spacial score (nSPS) is 13.2. The molecule has 0 aromatic heterocycles. The first-order chi connectivity index (χ1) is 41.0. The van der Waals surface area contributed by atoms with Crippen LogP contribution in [0.1, 0.15) is 278 Å². The minimum Gasteiger partial charge on any atom is -0.462 e. The summed E-state index contributed by atoms with van der Waals surface area (Å²) < 4.78 is 16.8. The van der Waals surface area contributed by atoms with Crippen LogP contribution < -0.4 is 0 Å². The topological polar surface area (TPSA) is 78.9 Å². The molecule has 0 amide bonds. The zero-order valence-electron chi connectivity index (χ0n) is 53.4. The van der Waals surface area contributed by atoms with Gasteiger partial charge in [0.2, 0.25) is 0 Å². The Bertz CT molecular complexity index is 1890. The number of hydrogen-bond donors (Lipinski definition) is 0. The number of allylic oxidation sites excluding steroid dienone is 28. The van der Waals surface area contributed by atoms with Crippen LogP contribution in [0.5, 0.6) is 0 Å². The van der Waals surface area contributed by atoms with Gasteiger partial charge in [0.25, 0.3) is 0 Å². The van der Waals surface area contributed by atoms with Crippen LogP contribution in [0.15, 0.2) is 170 Å². The average molecular weight is 1140 g/mol. The second kappa shape index (κ2) is 69.3. The molecule has 0 aromatic carbocycles. The fourth-order valence-corrected chi connectivity index (χ4v) is 8.77. The molecule has 0 heterocycles. The Kier molecular flexibility index (Phi) is 64.9. The smallest absolute Gasteiger partial charge is 0.306 e. The highest BCUT2D eigenvalue weighted by Gasteiger charge is 2.19. The lowest BCUT2D eigenvalue weighted by atomic mass is 10.0. The van der Waals surface area contributed by atoms with Crippen LogP contribution in [-0.4, -0.2) is 37.2 Å². The molecule has 0 spiro atoms. The third-order valence-electron chi connectivity index (χ3n) is 13.7. The number of carbonyl (C=O) groups excluding carboxylic acids is 3. The van der Waals surface area contributed by atoms with Crippen LogP contribution in [-0.2, 0) is 28.6 Å². The van der Waals surface area contributed by atoms with Crippen LogP contribution in [0.2, 0.25) is 0 Å². The lowest BCUT2D eigenvalue weighted by molar-refractivity contribution is -0.167. The molecule has 0 aromatic rings. The maximum Gasteiger partial charge on any atom is 0.306 e. The third-order valence-corrected chi connectivity index (χ3v) is 13.7. The molecule has 0 fully saturated rings. The van der Waals surface area contributed by atoms with E-state index in [4.69, 9.17) is 14.2 Å². The number of esters is 3. The van der Waals surface area contributed by atoms with E-state index in [0.717, 1.165) is 135 Å². The quantitative estimate of drug-likeness (QED) is 0.0261. The summed E-state index contributed by atoms with van der Waals surface area (Å²) in [5, 5.41) is 0. The van der Waals surface area contributed by atoms with Gasteiger partial charge in [-0.05, 0) is 128 Å². The SMILES string of the molecule is CC/C=C\C/C=C\C/C=C\C/C=C\C/C=C\C/C=C\C/C=C\C/C=C\C/C=C\CCCC(=O)OCC(COC(=O)CCCCCCCCC)OC(=O)CCCCCCCCCCCCCCC/C=C\C/C=C\C/C=C\C/C=C\C/C=C\CC. The highest BCUT2D eigenvalue weighted by Crippen LogP contribution is 2.15. The van der Waals surface area contributed by atoms with Gasteiger partial charge in [0.15, 0.2) is 6.10 Å². The van der Waals surface area contributed by atoms with E-state index >= 15 is 0 Å². The molecule has 1 atom stereocenters. The number of unbranched alkanes of at least 4 members (excludes halogenated alkanes) is 20. The van der Waals surface area contributed by atoms with Crippen LogP contribution in [0.3, 0.4) is 0 Å². The summed E-state index contributed by atoms with van der Waals surface area (Å²) in [5.41, 5.74) is 0. The number of ether oxygens (including phenoxy) is 3. The Morgan fingerprint density at radius 2 is 0.482 bits per heavy atom. The largest absolute Gasteiger partial charge is 0.462 e. The van der Waals surface area contributed by atoms with Gasteiger partial charge in [-0.1, -0.05) is 300 Å². The van der Waals surface area contributed by atoms with Gasteiger partial charge in [-0.25, -0.2) is 0 Å². The number of carbonyl (C=O) groups is 3. The third kappa shape index (κ3) is 67.4. The zero-order valence-corrected chi connectivity index (χ0v) is 53.4. The molecular formula is C77H122O6. The summed E-state index contributed by atoms with van der Waals surface area (Å²) in [4.78, 5) is 38.1. The average Bonchev–Trinajstić information content (AvgIpc) is 3.49. The Morgan fingerprint density at radius 1 is 0.253 bits per heavy atom. The van der Waals surface area contributed by atoms with Gasteiger partial charge in [-0.2, -0.15) is 0 Å². The molecule has 1 unspecified atom stereocenters. The zero-order chi connectivity index (χ0) is 59.9. The monoisotopic (exact) mass is 1140 g/mol. The summed E-state index contributed by atoms with van der Waals surface area (Å²) in [6, 6.07) is 0. The van der Waals surface area contributed by atoms with Crippen molar-refractivity contribution in [2.24, 2.45) is 0 Å². The van der Waals surface area contributed by atoms with Gasteiger partial charge in [-0.15, -0.1) is 0 Å². The molecule has 0 saturated carbocycles. The van der Waals surface area contributed by atoms with Gasteiger partial charge in [0, 0.05) is 19.3 Å². The summed E-state index contributed by atoms with van der Waals surface area (Å²) in [7, 11) is 0. The Balaban J connectivity index is 4.25. The molecular weight excluding hydrogens is 1020 g/mol. The fraction of sp³-hybridized carbons (Fsp3) is 0.597. The van der Waals surface area contributed by atoms with Gasteiger partial charge >= 0.3 is 17.9 Å². The minimum atomic E-state index is -0.808. The summed E-state index contributed by atoms with van der Waals surface area (Å²) in [5.74, 6) is -0.975. The molecule has 0 aliphatic carbocycles. The lowest BCUT2D eigenvalue weighted by Gasteiger charge is -2.18. The van der Waals surface area contributed by atoms with Crippen molar-refractivity contribution in [2.75, 3.05) is 13.2 Å². The van der Waals surface area contributed by atoms with Crippen molar-refractivity contribution in [1.29, 1.82) is 0 Å². The lowest BCUT2D eigenvalue weighted by Crippen LogP contribution is -2.30. The van der Waals surface area contributed by atoms with Crippen molar-refractivity contribution in [3.8, 4) is 0 Å². The van der Waals surface area contributed by atoms with E-state index in [-0.39, 0.29) is 37.5 Å². The summed E-state index contributed by atoms with van der Waals surface area (Å²) in [6.07, 6.45) is 103. The fourth-order valence-electron chi connectivity index (χ4n) is 8.77. The molecule has 466 valence electrons. The molecule has 6 heteroatoms. The van der Waals surface area contributed by atoms with Crippen LogP contribution in [0.25, 0.3) is 0 Å². The van der Waals surface area contributed by atoms with Gasteiger partial charge in [0.05, 0.1) is 0 Å². The number of hydrogen-bond acceptors (Lipinski definition) is 6. The van der Waals surface area contributed by atoms with Crippen LogP contribution in [0.4, 0.5) is 0 Å². The van der Waals surface area contributed by atoms with Crippen molar-refractivity contribution in [2.45, 2.75) is 284 Å². The Morgan fingerprint density at radius 3 is 0.783 bits per heavy atom. The maximum atomic E-state index is 12.9. The van der Waals surface area contributed by atoms with E-state index in [1.54, 1.807) is 0 Å². The maximum absolute atomic E-state index is 12.9. The van der Waals surface area contributed by atoms with Gasteiger partial charge < -0.3 is 14.2 Å². The Labute approximate surface area is 511 Å². The molecule has 0 rings (SSSR count). The van der Waals surface area contributed by atoms with E-state index in [9.17, 15) is 14.4 Å². The highest BCUT2D eigenvalue weighted by molar-refractivity contribution is 5.71. The Hall–Kier alpha value is -5.23. The molecule has 0 radical (unpaired) electrons. The standard InChI is InChI=1S/C77H122O6/c1-4-7-10-13-16-18-20-22-24-26-28-30-32-34-36-38-40-42-44-46-48-50-52-54-56-58-61-64-67-70-76(79)82-73-74(72-81-75(78)69-66-63-60-15-12-9-6-3)83-77(80)71-68-65-62-59-57-55-53-51-49-47-45-43-41-39-37-35-33-31-29-27-25-23-21-19-17-14-11-8-5-2/h7-8,10-11,16-19,22-25,28-31,34-37,40,42,46,48,52,54,58,61,74H,4-6,9,12-15,20-21,26-27,32-33,38-39,41,43-45,47,49-51,53,55-57,59-60,62-73H2,1-3H3/b10-7-,11-8-,18-16-,19-17-,24-22-,25-23-,30-28-,31-29-,36-34-,37-35-,42-40-,48-46-,54-52-,61-58-. The molecule has 83 heavy (non-hydrogen) atoms.